The van der Waals surface area contributed by atoms with Crippen LogP contribution < -0.4 is 5.32 Å². The maximum Gasteiger partial charge on any atom is 0.246 e. The van der Waals surface area contributed by atoms with Gasteiger partial charge in [-0.05, 0) is 23.7 Å². The van der Waals surface area contributed by atoms with Gasteiger partial charge in [0.2, 0.25) is 11.8 Å². The molecule has 4 nitrogen and oxygen atoms in total. The van der Waals surface area contributed by atoms with E-state index in [0.717, 1.165) is 6.42 Å². The van der Waals surface area contributed by atoms with Crippen LogP contribution in [-0.2, 0) is 9.59 Å². The van der Waals surface area contributed by atoms with Gasteiger partial charge in [-0.25, -0.2) is 0 Å². The average molecular weight is 282 g/mol. The van der Waals surface area contributed by atoms with E-state index in [-0.39, 0.29) is 41.1 Å². The lowest BCUT2D eigenvalue weighted by Crippen LogP contribution is -2.67. The number of nitrogens with zero attached hydrogens (tertiary/aromatic N) is 1. The lowest BCUT2D eigenvalue weighted by atomic mass is 9.86. The molecule has 0 spiro atoms. The summed E-state index contributed by atoms with van der Waals surface area (Å²) in [6.07, 6.45) is 0.982. The van der Waals surface area contributed by atoms with Gasteiger partial charge in [0.25, 0.3) is 0 Å². The fourth-order valence-electron chi connectivity index (χ4n) is 2.62. The Balaban J connectivity index is 3.08. The molecule has 1 saturated heterocycles. The Bertz CT molecular complexity index is 375. The largest absolute Gasteiger partial charge is 0.342 e. The molecule has 116 valence electrons. The van der Waals surface area contributed by atoms with E-state index in [4.69, 9.17) is 0 Å². The molecule has 0 aliphatic carbocycles. The van der Waals surface area contributed by atoms with Crippen molar-refractivity contribution in [1.29, 1.82) is 0 Å². The van der Waals surface area contributed by atoms with Crippen molar-refractivity contribution in [3.8, 4) is 0 Å². The smallest absolute Gasteiger partial charge is 0.246 e. The lowest BCUT2D eigenvalue weighted by Gasteiger charge is -2.45. The summed E-state index contributed by atoms with van der Waals surface area (Å²) >= 11 is 0. The molecule has 1 heterocycles. The maximum absolute atomic E-state index is 12.7. The molecule has 1 N–H and O–H groups in total. The Kier molecular flexibility index (Phi) is 5.22. The van der Waals surface area contributed by atoms with E-state index < -0.39 is 0 Å². The number of amides is 2. The van der Waals surface area contributed by atoms with Crippen LogP contribution in [0.5, 0.6) is 0 Å². The third-order valence-corrected chi connectivity index (χ3v) is 4.30. The highest BCUT2D eigenvalue weighted by Crippen LogP contribution is 2.27. The number of piperazine rings is 1. The number of hydrogen-bond donors (Lipinski definition) is 1. The Morgan fingerprint density at radius 1 is 1.15 bits per heavy atom. The highest BCUT2D eigenvalue weighted by atomic mass is 16.2. The molecule has 1 aliphatic rings. The number of rotatable bonds is 5. The second kappa shape index (κ2) is 6.15. The molecule has 1 fully saturated rings. The third-order valence-electron chi connectivity index (χ3n) is 4.30. The molecular weight excluding hydrogens is 252 g/mol. The molecule has 2 unspecified atom stereocenters. The number of hydrogen-bond acceptors (Lipinski definition) is 2. The molecule has 20 heavy (non-hydrogen) atoms. The second-order valence-electron chi connectivity index (χ2n) is 7.40. The van der Waals surface area contributed by atoms with E-state index in [1.807, 2.05) is 32.6 Å². The zero-order chi connectivity index (χ0) is 15.7. The van der Waals surface area contributed by atoms with Crippen LogP contribution in [0.3, 0.4) is 0 Å². The summed E-state index contributed by atoms with van der Waals surface area (Å²) in [5.74, 6) is 0.302. The van der Waals surface area contributed by atoms with E-state index in [1.165, 1.54) is 0 Å². The van der Waals surface area contributed by atoms with Crippen LogP contribution >= 0.6 is 0 Å². The van der Waals surface area contributed by atoms with Crippen molar-refractivity contribution in [1.82, 2.24) is 10.2 Å². The van der Waals surface area contributed by atoms with Gasteiger partial charge in [-0.1, -0.05) is 48.5 Å². The van der Waals surface area contributed by atoms with Gasteiger partial charge in [-0.2, -0.15) is 0 Å². The van der Waals surface area contributed by atoms with Crippen molar-refractivity contribution in [2.75, 3.05) is 6.54 Å². The summed E-state index contributed by atoms with van der Waals surface area (Å²) in [5.41, 5.74) is 0.0297. The lowest BCUT2D eigenvalue weighted by molar-refractivity contribution is -0.154. The fraction of sp³-hybridized carbons (Fsp3) is 0.875. The molecular formula is C16H30N2O2. The summed E-state index contributed by atoms with van der Waals surface area (Å²) in [6.45, 7) is 15.0. The van der Waals surface area contributed by atoms with Gasteiger partial charge < -0.3 is 10.2 Å². The molecule has 0 saturated carbocycles. The predicted octanol–water partition coefficient (Wildman–Crippen LogP) is 2.43. The summed E-state index contributed by atoms with van der Waals surface area (Å²) in [7, 11) is 0. The Morgan fingerprint density at radius 3 is 2.10 bits per heavy atom. The van der Waals surface area contributed by atoms with Crippen molar-refractivity contribution >= 4 is 11.8 Å². The highest BCUT2D eigenvalue weighted by Gasteiger charge is 2.44. The molecule has 1 rings (SSSR count). The summed E-state index contributed by atoms with van der Waals surface area (Å²) in [4.78, 5) is 26.9. The monoisotopic (exact) mass is 282 g/mol. The molecule has 0 bridgehead atoms. The van der Waals surface area contributed by atoms with Crippen LogP contribution in [0.1, 0.15) is 54.9 Å². The van der Waals surface area contributed by atoms with Crippen molar-refractivity contribution in [3.63, 3.8) is 0 Å². The van der Waals surface area contributed by atoms with Crippen molar-refractivity contribution in [2.45, 2.75) is 67.0 Å². The van der Waals surface area contributed by atoms with Gasteiger partial charge in [0.15, 0.2) is 0 Å². The minimum atomic E-state index is -0.384. The molecule has 0 aromatic rings. The number of carbonyl (C=O) groups is 2. The second-order valence-corrected chi connectivity index (χ2v) is 7.40. The van der Waals surface area contributed by atoms with Crippen molar-refractivity contribution in [2.24, 2.45) is 17.3 Å². The zero-order valence-corrected chi connectivity index (χ0v) is 14.0. The zero-order valence-electron chi connectivity index (χ0n) is 14.0. The minimum absolute atomic E-state index is 0.00907. The first-order valence-corrected chi connectivity index (χ1v) is 7.71. The molecule has 0 aromatic carbocycles. The predicted molar refractivity (Wildman–Crippen MR) is 81.2 cm³/mol. The molecule has 1 aliphatic heterocycles. The van der Waals surface area contributed by atoms with Crippen molar-refractivity contribution in [3.05, 3.63) is 0 Å². The summed E-state index contributed by atoms with van der Waals surface area (Å²) in [5, 5.41) is 2.90. The van der Waals surface area contributed by atoms with Crippen LogP contribution in [0.4, 0.5) is 0 Å². The number of carbonyl (C=O) groups excluding carboxylic acids is 2. The molecule has 0 aromatic heterocycles. The van der Waals surface area contributed by atoms with Crippen LogP contribution in [0.15, 0.2) is 0 Å². The first-order valence-electron chi connectivity index (χ1n) is 7.71. The topological polar surface area (TPSA) is 49.4 Å². The van der Waals surface area contributed by atoms with Gasteiger partial charge in [0.05, 0.1) is 0 Å². The normalized spacial score (nSPS) is 24.6. The average Bonchev–Trinajstić information content (AvgIpc) is 2.32. The van der Waals surface area contributed by atoms with Gasteiger partial charge >= 0.3 is 0 Å². The van der Waals surface area contributed by atoms with E-state index >= 15 is 0 Å². The van der Waals surface area contributed by atoms with Crippen LogP contribution in [-0.4, -0.2) is 35.3 Å². The van der Waals surface area contributed by atoms with Crippen molar-refractivity contribution < 1.29 is 9.59 Å². The fourth-order valence-corrected chi connectivity index (χ4v) is 2.62. The molecule has 0 radical (unpaired) electrons. The van der Waals surface area contributed by atoms with E-state index in [0.29, 0.717) is 6.54 Å². The van der Waals surface area contributed by atoms with Crippen LogP contribution in [0.2, 0.25) is 0 Å². The van der Waals surface area contributed by atoms with Gasteiger partial charge in [-0.15, -0.1) is 0 Å². The van der Waals surface area contributed by atoms with E-state index in [2.05, 4.69) is 26.1 Å². The minimum Gasteiger partial charge on any atom is -0.342 e. The van der Waals surface area contributed by atoms with Gasteiger partial charge in [-0.3, -0.25) is 9.59 Å². The summed E-state index contributed by atoms with van der Waals surface area (Å²) < 4.78 is 0. The van der Waals surface area contributed by atoms with Gasteiger partial charge in [0.1, 0.15) is 12.1 Å². The highest BCUT2D eigenvalue weighted by molar-refractivity contribution is 5.97. The Morgan fingerprint density at radius 2 is 1.70 bits per heavy atom. The maximum atomic E-state index is 12.7. The standard InChI is InChI=1S/C16H30N2O2/c1-8-16(6,7)9-18-13(11(4)5)14(19)17-12(10(2)3)15(18)20/h10-13H,8-9H2,1-7H3,(H,17,19). The van der Waals surface area contributed by atoms with E-state index in [1.54, 1.807) is 0 Å². The van der Waals surface area contributed by atoms with E-state index in [9.17, 15) is 9.59 Å². The first-order chi connectivity index (χ1) is 9.10. The first kappa shape index (κ1) is 17.0. The Labute approximate surface area is 123 Å². The SMILES string of the molecule is CCC(C)(C)CN1C(=O)C(C(C)C)NC(=O)C1C(C)C. The quantitative estimate of drug-likeness (QED) is 0.842. The van der Waals surface area contributed by atoms with Crippen LogP contribution in [0.25, 0.3) is 0 Å². The Hall–Kier alpha value is -1.06. The molecule has 2 amide bonds. The number of nitrogens with one attached hydrogen (secondary N) is 1. The van der Waals surface area contributed by atoms with Gasteiger partial charge in [0, 0.05) is 6.54 Å². The third kappa shape index (κ3) is 3.53. The molecule has 4 heteroatoms. The van der Waals surface area contributed by atoms with Crippen LogP contribution in [0, 0.1) is 17.3 Å². The molecule has 2 atom stereocenters. The summed E-state index contributed by atoms with van der Waals surface area (Å²) in [6, 6.07) is -0.728.